The molecule has 15 heavy (non-hydrogen) atoms. The van der Waals surface area contributed by atoms with Crippen LogP contribution in [0.4, 0.5) is 0 Å². The zero-order valence-electron chi connectivity index (χ0n) is 9.00. The van der Waals surface area contributed by atoms with Crippen LogP contribution in [0.5, 0.6) is 0 Å². The summed E-state index contributed by atoms with van der Waals surface area (Å²) >= 11 is 0. The molecule has 2 atom stereocenters. The Morgan fingerprint density at radius 3 is 1.80 bits per heavy atom. The molecule has 0 rings (SSSR count). The van der Waals surface area contributed by atoms with Gasteiger partial charge in [-0.15, -0.1) is 0 Å². The van der Waals surface area contributed by atoms with Crippen LogP contribution in [0.15, 0.2) is 0 Å². The normalized spacial score (nSPS) is 16.7. The summed E-state index contributed by atoms with van der Waals surface area (Å²) in [5.41, 5.74) is 0. The van der Waals surface area contributed by atoms with Gasteiger partial charge in [-0.1, -0.05) is 0 Å². The van der Waals surface area contributed by atoms with Crippen LogP contribution in [0.3, 0.4) is 0 Å². The smallest absolute Gasteiger partial charge is 0.266 e. The van der Waals surface area contributed by atoms with Crippen molar-refractivity contribution in [1.82, 2.24) is 4.90 Å². The van der Waals surface area contributed by atoms with Gasteiger partial charge >= 0.3 is 0 Å². The number of aliphatic hydroxyl groups is 2. The highest BCUT2D eigenvalue weighted by molar-refractivity contribution is 7.85. The molecule has 0 fully saturated rings. The molecule has 7 heteroatoms. The van der Waals surface area contributed by atoms with E-state index in [1.807, 2.05) is 0 Å². The zero-order chi connectivity index (χ0) is 12.1. The summed E-state index contributed by atoms with van der Waals surface area (Å²) in [6.07, 6.45) is 0. The predicted octanol–water partition coefficient (Wildman–Crippen LogP) is -1.06. The fourth-order valence-electron chi connectivity index (χ4n) is 1.31. The Balaban J connectivity index is 4.38. The highest BCUT2D eigenvalue weighted by Gasteiger charge is 2.20. The summed E-state index contributed by atoms with van der Waals surface area (Å²) in [7, 11) is -4.01. The maximum atomic E-state index is 10.6. The summed E-state index contributed by atoms with van der Waals surface area (Å²) in [6.45, 7) is 3.26. The average molecular weight is 241 g/mol. The molecule has 0 amide bonds. The Kier molecular flexibility index (Phi) is 6.30. The summed E-state index contributed by atoms with van der Waals surface area (Å²) in [6, 6.07) is -0.511. The van der Waals surface area contributed by atoms with Crippen molar-refractivity contribution >= 4 is 10.1 Å². The van der Waals surface area contributed by atoms with Gasteiger partial charge in [0, 0.05) is 18.6 Å². The van der Waals surface area contributed by atoms with Gasteiger partial charge in [0.1, 0.15) is 0 Å². The second-order valence-electron chi connectivity index (χ2n) is 3.59. The zero-order valence-corrected chi connectivity index (χ0v) is 9.81. The van der Waals surface area contributed by atoms with Crippen LogP contribution < -0.4 is 0 Å². The topological polar surface area (TPSA) is 98.1 Å². The lowest BCUT2D eigenvalue weighted by Crippen LogP contribution is -2.46. The molecule has 0 heterocycles. The van der Waals surface area contributed by atoms with E-state index in [1.54, 1.807) is 18.7 Å². The van der Waals surface area contributed by atoms with E-state index in [0.29, 0.717) is 0 Å². The lowest BCUT2D eigenvalue weighted by atomic mass is 10.2. The summed E-state index contributed by atoms with van der Waals surface area (Å²) in [5, 5.41) is 17.9. The molecule has 0 aliphatic carbocycles. The van der Waals surface area contributed by atoms with Gasteiger partial charge in [-0.25, -0.2) is 0 Å². The van der Waals surface area contributed by atoms with Crippen LogP contribution in [-0.4, -0.2) is 65.7 Å². The maximum Gasteiger partial charge on any atom is 0.266 e. The van der Waals surface area contributed by atoms with Crippen LogP contribution in [0, 0.1) is 0 Å². The van der Waals surface area contributed by atoms with E-state index in [4.69, 9.17) is 14.8 Å². The van der Waals surface area contributed by atoms with Crippen LogP contribution in [0.25, 0.3) is 0 Å². The fraction of sp³-hybridized carbons (Fsp3) is 1.00. The molecular formula is C8H19NO5S. The minimum Gasteiger partial charge on any atom is -0.395 e. The average Bonchev–Trinajstić information content (AvgIpc) is 2.15. The van der Waals surface area contributed by atoms with Gasteiger partial charge in [-0.2, -0.15) is 8.42 Å². The first kappa shape index (κ1) is 14.8. The molecule has 0 spiro atoms. The Hall–Kier alpha value is -0.210. The van der Waals surface area contributed by atoms with Crippen molar-refractivity contribution in [1.29, 1.82) is 0 Å². The van der Waals surface area contributed by atoms with Crippen molar-refractivity contribution < 1.29 is 23.2 Å². The van der Waals surface area contributed by atoms with Crippen LogP contribution in [0.2, 0.25) is 0 Å². The van der Waals surface area contributed by atoms with E-state index in [2.05, 4.69) is 0 Å². The first-order chi connectivity index (χ1) is 6.81. The highest BCUT2D eigenvalue weighted by Crippen LogP contribution is 2.05. The molecule has 0 radical (unpaired) electrons. The lowest BCUT2D eigenvalue weighted by molar-refractivity contribution is 0.0731. The molecule has 0 saturated carbocycles. The van der Waals surface area contributed by atoms with Gasteiger partial charge in [-0.3, -0.25) is 9.45 Å². The summed E-state index contributed by atoms with van der Waals surface area (Å²) in [4.78, 5) is 1.63. The molecular weight excluding hydrogens is 222 g/mol. The quantitative estimate of drug-likeness (QED) is 0.491. The summed E-state index contributed by atoms with van der Waals surface area (Å²) in [5.74, 6) is -0.401. The van der Waals surface area contributed by atoms with Crippen LogP contribution in [-0.2, 0) is 10.1 Å². The minimum atomic E-state index is -4.01. The Morgan fingerprint density at radius 2 is 1.53 bits per heavy atom. The van der Waals surface area contributed by atoms with Gasteiger partial charge in [-0.05, 0) is 13.8 Å². The van der Waals surface area contributed by atoms with Crippen molar-refractivity contribution in [3.05, 3.63) is 0 Å². The molecule has 6 nitrogen and oxygen atoms in total. The first-order valence-corrected chi connectivity index (χ1v) is 6.35. The van der Waals surface area contributed by atoms with Crippen molar-refractivity contribution in [3.63, 3.8) is 0 Å². The molecule has 0 aromatic rings. The number of hydrogen-bond acceptors (Lipinski definition) is 5. The van der Waals surface area contributed by atoms with Gasteiger partial charge in [0.05, 0.1) is 19.0 Å². The molecule has 0 saturated heterocycles. The summed E-state index contributed by atoms with van der Waals surface area (Å²) < 4.78 is 29.7. The maximum absolute atomic E-state index is 10.6. The van der Waals surface area contributed by atoms with Crippen LogP contribution >= 0.6 is 0 Å². The largest absolute Gasteiger partial charge is 0.395 e. The predicted molar refractivity (Wildman–Crippen MR) is 56.2 cm³/mol. The van der Waals surface area contributed by atoms with Crippen molar-refractivity contribution in [2.75, 3.05) is 25.5 Å². The standard InChI is InChI=1S/C8H19NO5S/c1-7(5-10)9(8(2)6-11)3-4-15(12,13)14/h7-8,10-11H,3-6H2,1-2H3,(H,12,13,14). The number of aliphatic hydroxyl groups excluding tert-OH is 2. The van der Waals surface area contributed by atoms with Gasteiger partial charge in [0.25, 0.3) is 10.1 Å². The second-order valence-corrected chi connectivity index (χ2v) is 5.16. The monoisotopic (exact) mass is 241 g/mol. The van der Waals surface area contributed by atoms with E-state index in [-0.39, 0.29) is 31.8 Å². The molecule has 0 aliphatic rings. The Labute approximate surface area is 90.3 Å². The van der Waals surface area contributed by atoms with E-state index < -0.39 is 15.9 Å². The number of nitrogens with zero attached hydrogens (tertiary/aromatic N) is 1. The van der Waals surface area contributed by atoms with E-state index in [1.165, 1.54) is 0 Å². The lowest BCUT2D eigenvalue weighted by Gasteiger charge is -2.32. The van der Waals surface area contributed by atoms with E-state index in [9.17, 15) is 8.42 Å². The molecule has 0 aromatic heterocycles. The molecule has 0 aromatic carbocycles. The van der Waals surface area contributed by atoms with Gasteiger partial charge < -0.3 is 10.2 Å². The molecule has 2 unspecified atom stereocenters. The Bertz CT molecular complexity index is 256. The van der Waals surface area contributed by atoms with Gasteiger partial charge in [0.2, 0.25) is 0 Å². The molecule has 3 N–H and O–H groups in total. The molecule has 0 bridgehead atoms. The third kappa shape index (κ3) is 6.06. The SMILES string of the molecule is CC(CO)N(CCS(=O)(=O)O)C(C)CO. The van der Waals surface area contributed by atoms with E-state index in [0.717, 1.165) is 0 Å². The first-order valence-electron chi connectivity index (χ1n) is 4.74. The minimum absolute atomic E-state index is 0.0856. The number of hydrogen-bond donors (Lipinski definition) is 3. The third-order valence-electron chi connectivity index (χ3n) is 2.27. The van der Waals surface area contributed by atoms with Gasteiger partial charge in [0.15, 0.2) is 0 Å². The third-order valence-corrected chi connectivity index (χ3v) is 2.97. The van der Waals surface area contributed by atoms with Crippen molar-refractivity contribution in [2.24, 2.45) is 0 Å². The van der Waals surface area contributed by atoms with Crippen LogP contribution in [0.1, 0.15) is 13.8 Å². The Morgan fingerprint density at radius 1 is 1.13 bits per heavy atom. The van der Waals surface area contributed by atoms with E-state index >= 15 is 0 Å². The van der Waals surface area contributed by atoms with Crippen molar-refractivity contribution in [2.45, 2.75) is 25.9 Å². The molecule has 0 aliphatic heterocycles. The number of rotatable bonds is 7. The van der Waals surface area contributed by atoms with Crippen molar-refractivity contribution in [3.8, 4) is 0 Å². The highest BCUT2D eigenvalue weighted by atomic mass is 32.2. The molecule has 92 valence electrons. The fourth-order valence-corrected chi connectivity index (χ4v) is 1.75. The second kappa shape index (κ2) is 6.39.